The van der Waals surface area contributed by atoms with Crippen molar-refractivity contribution in [3.63, 3.8) is 0 Å². The van der Waals surface area contributed by atoms with E-state index in [1.165, 1.54) is 6.42 Å². The van der Waals surface area contributed by atoms with E-state index in [4.69, 9.17) is 0 Å². The molecule has 1 heteroatoms. The van der Waals surface area contributed by atoms with Crippen LogP contribution in [0.25, 0.3) is 5.32 Å². The zero-order chi connectivity index (χ0) is 4.12. The largest absolute Gasteiger partial charge is 0.665 e. The van der Waals surface area contributed by atoms with E-state index in [0.29, 0.717) is 0 Å². The standard InChI is InChI=1S/C4H10N/c1-3-4-5-2/h3-4H2,1-2H3/q-1. The lowest BCUT2D eigenvalue weighted by Crippen LogP contribution is -1.71. The summed E-state index contributed by atoms with van der Waals surface area (Å²) in [7, 11) is 1.84. The molecule has 0 saturated carbocycles. The molecule has 0 aliphatic heterocycles. The molecule has 5 heavy (non-hydrogen) atoms. The van der Waals surface area contributed by atoms with E-state index in [2.05, 4.69) is 12.2 Å². The van der Waals surface area contributed by atoms with Crippen molar-refractivity contribution in [2.24, 2.45) is 0 Å². The van der Waals surface area contributed by atoms with E-state index in [9.17, 15) is 0 Å². The molecule has 0 aromatic rings. The van der Waals surface area contributed by atoms with E-state index in [-0.39, 0.29) is 0 Å². The minimum atomic E-state index is 1.01. The molecular weight excluding hydrogens is 62.1 g/mol. The van der Waals surface area contributed by atoms with Gasteiger partial charge in [0.1, 0.15) is 0 Å². The molecule has 0 aliphatic carbocycles. The Balaban J connectivity index is 2.19. The van der Waals surface area contributed by atoms with E-state index in [0.717, 1.165) is 6.54 Å². The van der Waals surface area contributed by atoms with Crippen molar-refractivity contribution in [3.8, 4) is 0 Å². The van der Waals surface area contributed by atoms with Gasteiger partial charge in [0.25, 0.3) is 0 Å². The first-order valence-corrected chi connectivity index (χ1v) is 1.97. The molecule has 0 unspecified atom stereocenters. The zero-order valence-corrected chi connectivity index (χ0v) is 3.86. The summed E-state index contributed by atoms with van der Waals surface area (Å²) in [6, 6.07) is 0. The summed E-state index contributed by atoms with van der Waals surface area (Å²) in [5.74, 6) is 0. The molecular formula is C4H10N-. The fourth-order valence-electron chi connectivity index (χ4n) is 0.224. The molecule has 0 saturated heterocycles. The second kappa shape index (κ2) is 3.96. The fraction of sp³-hybridized carbons (Fsp3) is 1.00. The fourth-order valence-corrected chi connectivity index (χ4v) is 0.224. The molecule has 0 N–H and O–H groups in total. The first-order chi connectivity index (χ1) is 2.41. The van der Waals surface area contributed by atoms with Crippen LogP contribution in [0.2, 0.25) is 0 Å². The van der Waals surface area contributed by atoms with E-state index in [1.807, 2.05) is 7.05 Å². The van der Waals surface area contributed by atoms with Crippen molar-refractivity contribution < 1.29 is 0 Å². The number of hydrogen-bond acceptors (Lipinski definition) is 0. The predicted octanol–water partition coefficient (Wildman–Crippen LogP) is 1.40. The van der Waals surface area contributed by atoms with Crippen LogP contribution >= 0.6 is 0 Å². The van der Waals surface area contributed by atoms with Crippen LogP contribution in [0.5, 0.6) is 0 Å². The summed E-state index contributed by atoms with van der Waals surface area (Å²) in [5, 5.41) is 3.85. The molecule has 0 aromatic heterocycles. The van der Waals surface area contributed by atoms with E-state index >= 15 is 0 Å². The number of nitrogens with zero attached hydrogens (tertiary/aromatic N) is 1. The topological polar surface area (TPSA) is 14.1 Å². The van der Waals surface area contributed by atoms with Gasteiger partial charge in [-0.2, -0.15) is 7.05 Å². The van der Waals surface area contributed by atoms with Crippen molar-refractivity contribution in [1.82, 2.24) is 0 Å². The van der Waals surface area contributed by atoms with Crippen LogP contribution in [-0.4, -0.2) is 13.6 Å². The van der Waals surface area contributed by atoms with Crippen molar-refractivity contribution in [2.75, 3.05) is 13.6 Å². The lowest BCUT2D eigenvalue weighted by atomic mass is 10.5. The van der Waals surface area contributed by atoms with Gasteiger partial charge in [0, 0.05) is 0 Å². The van der Waals surface area contributed by atoms with Gasteiger partial charge in [0.15, 0.2) is 0 Å². The quantitative estimate of drug-likeness (QED) is 0.468. The van der Waals surface area contributed by atoms with Crippen LogP contribution in [0.4, 0.5) is 0 Å². The maximum Gasteiger partial charge on any atom is -0.0670 e. The molecule has 32 valence electrons. The smallest absolute Gasteiger partial charge is 0.0670 e. The summed E-state index contributed by atoms with van der Waals surface area (Å²) >= 11 is 0. The third-order valence-corrected chi connectivity index (χ3v) is 0.447. The summed E-state index contributed by atoms with van der Waals surface area (Å²) < 4.78 is 0. The monoisotopic (exact) mass is 72.1 g/mol. The lowest BCUT2D eigenvalue weighted by Gasteiger charge is -2.03. The van der Waals surface area contributed by atoms with Crippen molar-refractivity contribution in [3.05, 3.63) is 5.32 Å². The number of hydrogen-bond donors (Lipinski definition) is 0. The third kappa shape index (κ3) is 3.96. The molecule has 0 fully saturated rings. The highest BCUT2D eigenvalue weighted by molar-refractivity contribution is 4.65. The lowest BCUT2D eigenvalue weighted by molar-refractivity contribution is 1.00. The Hall–Kier alpha value is -0.0400. The van der Waals surface area contributed by atoms with Crippen LogP contribution in [0.3, 0.4) is 0 Å². The molecule has 0 atom stereocenters. The minimum absolute atomic E-state index is 1.01. The Morgan fingerprint density at radius 3 is 2.20 bits per heavy atom. The summed E-state index contributed by atoms with van der Waals surface area (Å²) in [5.41, 5.74) is 0. The zero-order valence-electron chi connectivity index (χ0n) is 3.86. The molecule has 0 radical (unpaired) electrons. The van der Waals surface area contributed by atoms with E-state index < -0.39 is 0 Å². The molecule has 1 nitrogen and oxygen atoms in total. The molecule has 0 spiro atoms. The van der Waals surface area contributed by atoms with Gasteiger partial charge in [-0.15, -0.1) is 6.54 Å². The van der Waals surface area contributed by atoms with Gasteiger partial charge in [-0.25, -0.2) is 0 Å². The van der Waals surface area contributed by atoms with Crippen molar-refractivity contribution in [2.45, 2.75) is 13.3 Å². The second-order valence-electron chi connectivity index (χ2n) is 1.04. The summed E-state index contributed by atoms with van der Waals surface area (Å²) in [4.78, 5) is 0. The first-order valence-electron chi connectivity index (χ1n) is 1.97. The van der Waals surface area contributed by atoms with Gasteiger partial charge in [-0.1, -0.05) is 13.3 Å². The second-order valence-corrected chi connectivity index (χ2v) is 1.04. The van der Waals surface area contributed by atoms with Gasteiger partial charge in [-0.3, -0.25) is 0 Å². The highest BCUT2D eigenvalue weighted by Crippen LogP contribution is 1.78. The average molecular weight is 72.1 g/mol. The molecule has 0 aliphatic rings. The van der Waals surface area contributed by atoms with Gasteiger partial charge >= 0.3 is 0 Å². The van der Waals surface area contributed by atoms with Gasteiger partial charge in [0.05, 0.1) is 0 Å². The van der Waals surface area contributed by atoms with E-state index in [1.54, 1.807) is 0 Å². The molecule has 0 aromatic carbocycles. The third-order valence-electron chi connectivity index (χ3n) is 0.447. The maximum absolute atomic E-state index is 3.85. The van der Waals surface area contributed by atoms with Crippen LogP contribution in [0.1, 0.15) is 13.3 Å². The number of rotatable bonds is 2. The molecule has 0 heterocycles. The van der Waals surface area contributed by atoms with Gasteiger partial charge < -0.3 is 5.32 Å². The Bertz CT molecular complexity index is 11.1. The normalized spacial score (nSPS) is 8.40. The first kappa shape index (κ1) is 4.96. The van der Waals surface area contributed by atoms with Crippen molar-refractivity contribution >= 4 is 0 Å². The van der Waals surface area contributed by atoms with Gasteiger partial charge in [-0.05, 0) is 0 Å². The molecule has 0 rings (SSSR count). The Morgan fingerprint density at radius 2 is 2.20 bits per heavy atom. The Labute approximate surface area is 33.4 Å². The summed E-state index contributed by atoms with van der Waals surface area (Å²) in [6.07, 6.45) is 1.18. The molecule has 0 amide bonds. The predicted molar refractivity (Wildman–Crippen MR) is 24.4 cm³/mol. The summed E-state index contributed by atoms with van der Waals surface area (Å²) in [6.45, 7) is 3.13. The van der Waals surface area contributed by atoms with Crippen LogP contribution in [0, 0.1) is 0 Å². The molecule has 0 bridgehead atoms. The van der Waals surface area contributed by atoms with Crippen LogP contribution < -0.4 is 0 Å². The highest BCUT2D eigenvalue weighted by atomic mass is 14.8. The highest BCUT2D eigenvalue weighted by Gasteiger charge is 1.52. The van der Waals surface area contributed by atoms with Gasteiger partial charge in [0.2, 0.25) is 0 Å². The van der Waals surface area contributed by atoms with Crippen molar-refractivity contribution in [1.29, 1.82) is 0 Å². The van der Waals surface area contributed by atoms with Crippen LogP contribution in [-0.2, 0) is 0 Å². The Morgan fingerprint density at radius 1 is 1.60 bits per heavy atom. The van der Waals surface area contributed by atoms with Crippen LogP contribution in [0.15, 0.2) is 0 Å². The Kier molecular flexibility index (Phi) is 3.93. The maximum atomic E-state index is 3.85. The SMILES string of the molecule is CCC[N-]C. The minimum Gasteiger partial charge on any atom is -0.665 e. The average Bonchev–Trinajstić information content (AvgIpc) is 1.41.